The van der Waals surface area contributed by atoms with Gasteiger partial charge >= 0.3 is 0 Å². The van der Waals surface area contributed by atoms with Gasteiger partial charge in [0, 0.05) is 5.56 Å². The van der Waals surface area contributed by atoms with Crippen molar-refractivity contribution in [2.24, 2.45) is 5.14 Å². The molecule has 0 aliphatic rings. The summed E-state index contributed by atoms with van der Waals surface area (Å²) in [7, 11) is -2.27. The van der Waals surface area contributed by atoms with E-state index < -0.39 is 10.0 Å². The Balaban J connectivity index is 1.88. The van der Waals surface area contributed by atoms with E-state index in [1.54, 1.807) is 25.3 Å². The van der Waals surface area contributed by atoms with Crippen LogP contribution in [0.5, 0.6) is 5.75 Å². The van der Waals surface area contributed by atoms with Crippen LogP contribution in [0.1, 0.15) is 5.56 Å². The first-order chi connectivity index (χ1) is 11.5. The van der Waals surface area contributed by atoms with Crippen molar-refractivity contribution in [3.05, 3.63) is 54.1 Å². The van der Waals surface area contributed by atoms with E-state index in [0.29, 0.717) is 12.1 Å². The highest BCUT2D eigenvalue weighted by Crippen LogP contribution is 2.22. The molecule has 1 aromatic heterocycles. The topological polar surface area (TPSA) is 113 Å². The van der Waals surface area contributed by atoms with Crippen molar-refractivity contribution in [2.45, 2.75) is 11.4 Å². The van der Waals surface area contributed by atoms with Crippen molar-refractivity contribution in [2.75, 3.05) is 7.11 Å². The van der Waals surface area contributed by atoms with Crippen LogP contribution in [-0.4, -0.2) is 35.7 Å². The lowest BCUT2D eigenvalue weighted by atomic mass is 10.2. The lowest BCUT2D eigenvalue weighted by Crippen LogP contribution is -2.13. The van der Waals surface area contributed by atoms with E-state index in [9.17, 15) is 8.42 Å². The van der Waals surface area contributed by atoms with Crippen LogP contribution < -0.4 is 9.88 Å². The van der Waals surface area contributed by atoms with Gasteiger partial charge in [-0.15, -0.1) is 10.2 Å². The van der Waals surface area contributed by atoms with Crippen LogP contribution in [0.3, 0.4) is 0 Å². The summed E-state index contributed by atoms with van der Waals surface area (Å²) < 4.78 is 28.4. The van der Waals surface area contributed by atoms with Crippen LogP contribution in [0, 0.1) is 0 Å². The predicted molar refractivity (Wildman–Crippen MR) is 86.7 cm³/mol. The van der Waals surface area contributed by atoms with Gasteiger partial charge in [-0.25, -0.2) is 13.6 Å². The molecule has 3 rings (SSSR count). The Kier molecular flexibility index (Phi) is 4.28. The number of nitrogens with two attached hydrogens (primary N) is 1. The molecule has 0 saturated carbocycles. The first kappa shape index (κ1) is 16.1. The first-order valence-corrected chi connectivity index (χ1v) is 8.55. The average Bonchev–Trinajstić information content (AvgIpc) is 3.03. The van der Waals surface area contributed by atoms with Crippen molar-refractivity contribution >= 4 is 10.0 Å². The van der Waals surface area contributed by atoms with Gasteiger partial charge in [-0.3, -0.25) is 0 Å². The Hall–Kier alpha value is -2.78. The standard InChI is InChI=1S/C15H15N5O3S/c1-23-12-8-6-11(7-9-12)10-20-18-15(17-19-20)13-4-2-3-5-14(13)24(16,21)22/h2-9H,10H2,1H3,(H2,16,21,22). The van der Waals surface area contributed by atoms with Crippen molar-refractivity contribution in [1.82, 2.24) is 20.2 Å². The lowest BCUT2D eigenvalue weighted by Gasteiger charge is -2.03. The number of benzene rings is 2. The van der Waals surface area contributed by atoms with E-state index in [0.717, 1.165) is 11.3 Å². The molecule has 2 N–H and O–H groups in total. The Morgan fingerprint density at radius 1 is 1.12 bits per heavy atom. The van der Waals surface area contributed by atoms with Gasteiger partial charge in [-0.05, 0) is 35.0 Å². The molecule has 0 saturated heterocycles. The van der Waals surface area contributed by atoms with E-state index in [-0.39, 0.29) is 10.7 Å². The molecule has 1 heterocycles. The molecule has 24 heavy (non-hydrogen) atoms. The minimum absolute atomic E-state index is 0.0333. The highest BCUT2D eigenvalue weighted by Gasteiger charge is 2.18. The van der Waals surface area contributed by atoms with E-state index >= 15 is 0 Å². The summed E-state index contributed by atoms with van der Waals surface area (Å²) in [6.45, 7) is 0.397. The van der Waals surface area contributed by atoms with Crippen molar-refractivity contribution < 1.29 is 13.2 Å². The number of primary sulfonamides is 1. The maximum Gasteiger partial charge on any atom is 0.238 e. The average molecular weight is 345 g/mol. The fourth-order valence-corrected chi connectivity index (χ4v) is 2.95. The highest BCUT2D eigenvalue weighted by atomic mass is 32.2. The van der Waals surface area contributed by atoms with Crippen molar-refractivity contribution in [3.8, 4) is 17.1 Å². The third-order valence-electron chi connectivity index (χ3n) is 3.37. The van der Waals surface area contributed by atoms with Gasteiger partial charge in [0.25, 0.3) is 0 Å². The smallest absolute Gasteiger partial charge is 0.238 e. The van der Waals surface area contributed by atoms with Crippen LogP contribution in [0.15, 0.2) is 53.4 Å². The number of tetrazole rings is 1. The maximum absolute atomic E-state index is 11.7. The second-order valence-electron chi connectivity index (χ2n) is 5.03. The molecular weight excluding hydrogens is 330 g/mol. The minimum Gasteiger partial charge on any atom is -0.497 e. The van der Waals surface area contributed by atoms with Crippen LogP contribution in [0.4, 0.5) is 0 Å². The molecule has 0 atom stereocenters. The lowest BCUT2D eigenvalue weighted by molar-refractivity contribution is 0.414. The molecule has 8 nitrogen and oxygen atoms in total. The second-order valence-corrected chi connectivity index (χ2v) is 6.56. The molecule has 0 unspecified atom stereocenters. The Morgan fingerprint density at radius 3 is 2.50 bits per heavy atom. The molecule has 0 radical (unpaired) electrons. The molecule has 124 valence electrons. The summed E-state index contributed by atoms with van der Waals surface area (Å²) >= 11 is 0. The zero-order chi connectivity index (χ0) is 17.2. The Bertz CT molecular complexity index is 951. The number of ether oxygens (including phenoxy) is 1. The van der Waals surface area contributed by atoms with Gasteiger partial charge in [0.2, 0.25) is 15.8 Å². The number of hydrogen-bond acceptors (Lipinski definition) is 6. The summed E-state index contributed by atoms with van der Waals surface area (Å²) in [5.74, 6) is 0.959. The van der Waals surface area contributed by atoms with Gasteiger partial charge < -0.3 is 4.74 Å². The van der Waals surface area contributed by atoms with Crippen molar-refractivity contribution in [1.29, 1.82) is 0 Å². The Labute approximate surface area is 138 Å². The fraction of sp³-hybridized carbons (Fsp3) is 0.133. The third-order valence-corrected chi connectivity index (χ3v) is 4.34. The molecular formula is C15H15N5O3S. The zero-order valence-corrected chi connectivity index (χ0v) is 13.6. The molecule has 0 spiro atoms. The van der Waals surface area contributed by atoms with E-state index in [1.807, 2.05) is 24.3 Å². The van der Waals surface area contributed by atoms with Gasteiger partial charge in [-0.1, -0.05) is 24.3 Å². The molecule has 0 aliphatic carbocycles. The summed E-state index contributed by atoms with van der Waals surface area (Å²) in [6.07, 6.45) is 0. The fourth-order valence-electron chi connectivity index (χ4n) is 2.21. The van der Waals surface area contributed by atoms with Crippen LogP contribution in [0.25, 0.3) is 11.4 Å². The summed E-state index contributed by atoms with van der Waals surface area (Å²) in [6, 6.07) is 13.7. The third kappa shape index (κ3) is 3.42. The normalized spacial score (nSPS) is 11.4. The van der Waals surface area contributed by atoms with Gasteiger partial charge in [0.05, 0.1) is 18.6 Å². The predicted octanol–water partition coefficient (Wildman–Crippen LogP) is 1.04. The molecule has 0 bridgehead atoms. The highest BCUT2D eigenvalue weighted by molar-refractivity contribution is 7.89. The number of sulfonamides is 1. The molecule has 0 fully saturated rings. The van der Waals surface area contributed by atoms with Crippen LogP contribution >= 0.6 is 0 Å². The number of nitrogens with zero attached hydrogens (tertiary/aromatic N) is 4. The van der Waals surface area contributed by atoms with Crippen LogP contribution in [-0.2, 0) is 16.6 Å². The molecule has 0 aliphatic heterocycles. The van der Waals surface area contributed by atoms with Crippen molar-refractivity contribution in [3.63, 3.8) is 0 Å². The van der Waals surface area contributed by atoms with E-state index in [2.05, 4.69) is 15.4 Å². The number of methoxy groups -OCH3 is 1. The van der Waals surface area contributed by atoms with Gasteiger partial charge in [0.15, 0.2) is 0 Å². The molecule has 2 aromatic carbocycles. The SMILES string of the molecule is COc1ccc(Cn2nnc(-c3ccccc3S(N)(=O)=O)n2)cc1. The first-order valence-electron chi connectivity index (χ1n) is 7.00. The summed E-state index contributed by atoms with van der Waals surface area (Å²) in [5.41, 5.74) is 1.28. The largest absolute Gasteiger partial charge is 0.497 e. The summed E-state index contributed by atoms with van der Waals surface area (Å²) in [5, 5.41) is 17.4. The maximum atomic E-state index is 11.7. The monoisotopic (exact) mass is 345 g/mol. The minimum atomic E-state index is -3.87. The van der Waals surface area contributed by atoms with Gasteiger partial charge in [0.1, 0.15) is 5.75 Å². The number of hydrogen-bond donors (Lipinski definition) is 1. The van der Waals surface area contributed by atoms with E-state index in [1.165, 1.54) is 10.9 Å². The van der Waals surface area contributed by atoms with Gasteiger partial charge in [-0.2, -0.15) is 4.80 Å². The molecule has 3 aromatic rings. The Morgan fingerprint density at radius 2 is 1.83 bits per heavy atom. The van der Waals surface area contributed by atoms with E-state index in [4.69, 9.17) is 9.88 Å². The summed E-state index contributed by atoms with van der Waals surface area (Å²) in [4.78, 5) is 1.35. The molecule has 0 amide bonds. The number of rotatable bonds is 5. The molecule has 9 heteroatoms. The second kappa shape index (κ2) is 6.38. The quantitative estimate of drug-likeness (QED) is 0.739. The van der Waals surface area contributed by atoms with Crippen LogP contribution in [0.2, 0.25) is 0 Å². The number of aromatic nitrogens is 4. The zero-order valence-electron chi connectivity index (χ0n) is 12.8.